The van der Waals surface area contributed by atoms with E-state index in [4.69, 9.17) is 9.47 Å². The summed E-state index contributed by atoms with van der Waals surface area (Å²) in [6.45, 7) is 8.12. The summed E-state index contributed by atoms with van der Waals surface area (Å²) >= 11 is 0. The largest absolute Gasteiger partial charge is 0.484 e. The van der Waals surface area contributed by atoms with Crippen LogP contribution in [0.3, 0.4) is 0 Å². The van der Waals surface area contributed by atoms with Crippen molar-refractivity contribution in [3.63, 3.8) is 0 Å². The van der Waals surface area contributed by atoms with E-state index in [1.165, 1.54) is 47.1 Å². The van der Waals surface area contributed by atoms with E-state index in [2.05, 4.69) is 35.0 Å². The van der Waals surface area contributed by atoms with Gasteiger partial charge in [0.25, 0.3) is 10.0 Å². The van der Waals surface area contributed by atoms with Gasteiger partial charge in [-0.1, -0.05) is 43.9 Å². The van der Waals surface area contributed by atoms with Crippen LogP contribution in [-0.2, 0) is 27.7 Å². The van der Waals surface area contributed by atoms with Crippen molar-refractivity contribution in [2.24, 2.45) is 0 Å². The Labute approximate surface area is 279 Å². The highest BCUT2D eigenvalue weighted by Crippen LogP contribution is 2.38. The second-order valence-corrected chi connectivity index (χ2v) is 19.3. The Balaban J connectivity index is 1.81. The molecule has 2 N–H and O–H groups in total. The molecule has 1 atom stereocenters. The van der Waals surface area contributed by atoms with Crippen molar-refractivity contribution >= 4 is 35.4 Å². The number of halogens is 6. The third-order valence-electron chi connectivity index (χ3n) is 6.95. The molecule has 10 nitrogen and oxygen atoms in total. The van der Waals surface area contributed by atoms with E-state index in [1.807, 2.05) is 6.07 Å². The number of rotatable bonds is 14. The molecule has 4 aromatic rings. The minimum absolute atomic E-state index is 0.0201. The lowest BCUT2D eigenvalue weighted by Crippen LogP contribution is -2.22. The van der Waals surface area contributed by atoms with Crippen LogP contribution in [0.2, 0.25) is 25.7 Å². The average Bonchev–Trinajstić information content (AvgIpc) is 3.36. The first kappa shape index (κ1) is 37.2. The van der Waals surface area contributed by atoms with Crippen molar-refractivity contribution in [2.75, 3.05) is 16.6 Å². The fraction of sp³-hybridized carbons (Fsp3) is 0.323. The molecule has 18 heteroatoms. The lowest BCUT2D eigenvalue weighted by Gasteiger charge is -2.19. The number of nitrogens with one attached hydrogen (secondary N) is 2. The highest BCUT2D eigenvalue weighted by molar-refractivity contribution is 7.93. The summed E-state index contributed by atoms with van der Waals surface area (Å²) in [7, 11) is -6.64. The Kier molecular flexibility index (Phi) is 11.3. The van der Waals surface area contributed by atoms with Crippen molar-refractivity contribution < 1.29 is 44.2 Å². The van der Waals surface area contributed by atoms with Gasteiger partial charge in [-0.05, 0) is 54.9 Å². The molecule has 0 saturated carbocycles. The van der Waals surface area contributed by atoms with Gasteiger partial charge in [-0.15, -0.1) is 0 Å². The fourth-order valence-electron chi connectivity index (χ4n) is 4.34. The predicted molar refractivity (Wildman–Crippen MR) is 173 cm³/mol. The zero-order chi connectivity index (χ0) is 36.1. The van der Waals surface area contributed by atoms with Crippen LogP contribution in [0.25, 0.3) is 11.3 Å². The Morgan fingerprint density at radius 3 is 2.37 bits per heavy atom. The number of pyridine rings is 1. The molecule has 49 heavy (non-hydrogen) atoms. The van der Waals surface area contributed by atoms with Crippen LogP contribution in [0.5, 0.6) is 5.75 Å². The predicted octanol–water partition coefficient (Wildman–Crippen LogP) is 8.13. The topological polar surface area (TPSA) is 131 Å². The summed E-state index contributed by atoms with van der Waals surface area (Å²) in [6, 6.07) is 14.9. The number of nitriles is 1. The van der Waals surface area contributed by atoms with Gasteiger partial charge in [0.1, 0.15) is 53.2 Å². The van der Waals surface area contributed by atoms with Crippen molar-refractivity contribution in [1.29, 1.82) is 5.26 Å². The zero-order valence-corrected chi connectivity index (χ0v) is 28.5. The van der Waals surface area contributed by atoms with Crippen LogP contribution in [0.15, 0.2) is 60.7 Å². The van der Waals surface area contributed by atoms with Gasteiger partial charge in [-0.2, -0.15) is 32.3 Å². The minimum Gasteiger partial charge on any atom is -0.484 e. The number of ether oxygens (including phenoxy) is 2. The van der Waals surface area contributed by atoms with Crippen LogP contribution in [-0.4, -0.2) is 43.6 Å². The molecule has 0 bridgehead atoms. The molecular weight excluding hydrogens is 695 g/mol. The molecule has 0 spiro atoms. The summed E-state index contributed by atoms with van der Waals surface area (Å²) in [6.07, 6.45) is -5.58. The summed E-state index contributed by atoms with van der Waals surface area (Å²) in [5.41, 5.74) is -1.09. The van der Waals surface area contributed by atoms with Crippen molar-refractivity contribution in [3.05, 3.63) is 83.3 Å². The molecule has 0 amide bonds. The van der Waals surface area contributed by atoms with E-state index in [9.17, 15) is 40.0 Å². The van der Waals surface area contributed by atoms with E-state index < -0.39 is 47.6 Å². The van der Waals surface area contributed by atoms with E-state index in [0.29, 0.717) is 12.2 Å². The van der Waals surface area contributed by atoms with Gasteiger partial charge in [0.05, 0.1) is 5.69 Å². The zero-order valence-electron chi connectivity index (χ0n) is 26.6. The maximum atomic E-state index is 13.5. The molecule has 0 fully saturated rings. The summed E-state index contributed by atoms with van der Waals surface area (Å²) < 4.78 is 119. The first-order chi connectivity index (χ1) is 22.9. The number of alkyl halides is 5. The number of aromatic nitrogens is 3. The molecule has 2 aromatic heterocycles. The van der Waals surface area contributed by atoms with Gasteiger partial charge >= 0.3 is 11.9 Å². The Bertz CT molecular complexity index is 1930. The smallest absolute Gasteiger partial charge is 0.433 e. The number of nitrogens with zero attached hydrogens (tertiary/aromatic N) is 4. The number of hydrogen-bond donors (Lipinski definition) is 2. The van der Waals surface area contributed by atoms with Crippen molar-refractivity contribution in [2.45, 2.75) is 57.4 Å². The van der Waals surface area contributed by atoms with E-state index in [0.717, 1.165) is 24.2 Å². The first-order valence-corrected chi connectivity index (χ1v) is 19.9. The normalized spacial score (nSPS) is 12.9. The van der Waals surface area contributed by atoms with E-state index in [-0.39, 0.29) is 46.6 Å². The Hall–Kier alpha value is -4.60. The summed E-state index contributed by atoms with van der Waals surface area (Å²) in [5, 5.41) is 17.5. The molecule has 0 aliphatic heterocycles. The van der Waals surface area contributed by atoms with Crippen LogP contribution in [0, 0.1) is 17.1 Å². The van der Waals surface area contributed by atoms with Gasteiger partial charge in [-0.3, -0.25) is 4.72 Å². The molecule has 0 aliphatic carbocycles. The second kappa shape index (κ2) is 14.9. The monoisotopic (exact) mass is 726 g/mol. The maximum Gasteiger partial charge on any atom is 0.433 e. The highest BCUT2D eigenvalue weighted by Gasteiger charge is 2.33. The molecule has 2 aromatic carbocycles. The molecular formula is C31H32F6N6O4SSi. The van der Waals surface area contributed by atoms with Gasteiger partial charge in [0, 0.05) is 20.2 Å². The Morgan fingerprint density at radius 1 is 1.06 bits per heavy atom. The third-order valence-corrected chi connectivity index (χ3v) is 9.62. The standard InChI is InChI=1S/C31H32F6N6O4SSi/c1-19(20-8-11-22(32)12-9-20)47-25-16-21(10-13-24(25)42-48(44,45)30(33)34)28-23(17-38)29(43(41-28)18-46-14-15-49(2,3)4)40-27-7-5-6-26(39-27)31(35,36)37/h5-13,16,19,30,42H,14-15,18H2,1-4H3,(H,39,40)/t19-/m0/s1. The number of hydrogen-bond acceptors (Lipinski definition) is 8. The van der Waals surface area contributed by atoms with Crippen molar-refractivity contribution in [1.82, 2.24) is 14.8 Å². The van der Waals surface area contributed by atoms with Gasteiger partial charge in [0.15, 0.2) is 5.82 Å². The average molecular weight is 727 g/mol. The van der Waals surface area contributed by atoms with Gasteiger partial charge < -0.3 is 14.8 Å². The molecule has 262 valence electrons. The number of sulfonamides is 1. The highest BCUT2D eigenvalue weighted by atomic mass is 32.2. The molecule has 0 radical (unpaired) electrons. The van der Waals surface area contributed by atoms with Crippen LogP contribution in [0.1, 0.15) is 29.8 Å². The SMILES string of the molecule is C[C@H](Oc1cc(-c2nn(COCC[Si](C)(C)C)c(Nc3cccc(C(F)(F)F)n3)c2C#N)ccc1NS(=O)(=O)C(F)F)c1ccc(F)cc1. The van der Waals surface area contributed by atoms with E-state index in [1.54, 1.807) is 11.6 Å². The Morgan fingerprint density at radius 2 is 1.76 bits per heavy atom. The lowest BCUT2D eigenvalue weighted by molar-refractivity contribution is -0.141. The fourth-order valence-corrected chi connectivity index (χ4v) is 5.67. The maximum absolute atomic E-state index is 13.5. The molecule has 4 rings (SSSR count). The summed E-state index contributed by atoms with van der Waals surface area (Å²) in [5.74, 6) is -4.82. The summed E-state index contributed by atoms with van der Waals surface area (Å²) in [4.78, 5) is 3.62. The van der Waals surface area contributed by atoms with Crippen LogP contribution >= 0.6 is 0 Å². The van der Waals surface area contributed by atoms with Crippen LogP contribution < -0.4 is 14.8 Å². The van der Waals surface area contributed by atoms with Gasteiger partial charge in [0.2, 0.25) is 0 Å². The van der Waals surface area contributed by atoms with Gasteiger partial charge in [-0.25, -0.2) is 22.5 Å². The molecule has 2 heterocycles. The van der Waals surface area contributed by atoms with Crippen LogP contribution in [0.4, 0.5) is 43.7 Å². The molecule has 0 saturated heterocycles. The quantitative estimate of drug-likeness (QED) is 0.0757. The lowest BCUT2D eigenvalue weighted by atomic mass is 10.1. The number of anilines is 3. The third kappa shape index (κ3) is 9.74. The molecule has 0 aliphatic rings. The second-order valence-electron chi connectivity index (χ2n) is 12.0. The first-order valence-electron chi connectivity index (χ1n) is 14.6. The van der Waals surface area contributed by atoms with Crippen molar-refractivity contribution in [3.8, 4) is 23.1 Å². The minimum atomic E-state index is -5.14. The molecule has 0 unspecified atom stereocenters. The number of benzene rings is 2. The van der Waals surface area contributed by atoms with E-state index >= 15 is 0 Å².